The zero-order valence-corrected chi connectivity index (χ0v) is 19.6. The number of para-hydroxylation sites is 1. The van der Waals surface area contributed by atoms with Gasteiger partial charge >= 0.3 is 16.8 Å². The molecular formula is C26H21NO5S2. The summed E-state index contributed by atoms with van der Waals surface area (Å²) in [6.45, 7) is 0.476. The number of phenols is 1. The molecule has 1 aromatic heterocycles. The predicted molar refractivity (Wildman–Crippen MR) is 127 cm³/mol. The second kappa shape index (κ2) is 7.33. The number of nitrogens with zero attached hydrogens (tertiary/aromatic N) is 1. The zero-order valence-electron chi connectivity index (χ0n) is 18.0. The third-order valence-electron chi connectivity index (χ3n) is 8.14. The molecule has 172 valence electrons. The number of carbonyl (C=O) groups excluding carboxylic acids is 2. The van der Waals surface area contributed by atoms with Crippen LogP contribution in [0.2, 0.25) is 0 Å². The van der Waals surface area contributed by atoms with Crippen LogP contribution in [0, 0.1) is 29.6 Å². The highest BCUT2D eigenvalue weighted by Gasteiger charge is 2.69. The lowest BCUT2D eigenvalue weighted by Gasteiger charge is -2.43. The van der Waals surface area contributed by atoms with Crippen molar-refractivity contribution in [1.29, 1.82) is 0 Å². The van der Waals surface area contributed by atoms with Gasteiger partial charge in [0.05, 0.1) is 23.4 Å². The minimum absolute atomic E-state index is 0.00369. The molecule has 2 aliphatic carbocycles. The topological polar surface area (TPSA) is 85.6 Å². The van der Waals surface area contributed by atoms with Gasteiger partial charge in [0.25, 0.3) is 0 Å². The molecule has 34 heavy (non-hydrogen) atoms. The molecule has 2 saturated carbocycles. The van der Waals surface area contributed by atoms with E-state index >= 15 is 0 Å². The van der Waals surface area contributed by atoms with Gasteiger partial charge in [0.2, 0.25) is 0 Å². The molecule has 3 heterocycles. The molecule has 0 spiro atoms. The number of phenolic OH excluding ortho intramolecular Hbond substituents is 1. The van der Waals surface area contributed by atoms with Crippen molar-refractivity contribution in [2.24, 2.45) is 29.6 Å². The molecule has 0 amide bonds. The molecule has 2 aliphatic heterocycles. The van der Waals surface area contributed by atoms with Gasteiger partial charge in [0, 0.05) is 21.6 Å². The fraction of sp³-hybridized carbons (Fsp3) is 0.346. The van der Waals surface area contributed by atoms with Gasteiger partial charge in [0.15, 0.2) is 0 Å². The number of thioether (sulfide) groups is 1. The summed E-state index contributed by atoms with van der Waals surface area (Å²) in [5.74, 6) is -1.49. The minimum atomic E-state index is -0.405. The SMILES string of the molecule is O=C1OC(=O)[C@@H]2[C@H]3C[C@H]([C@@H]12)[C@@H]1[C@@H](c2ccccc2O)c2sc(=O)n(Cc4ccccc4)c2S[C@@H]31. The highest BCUT2D eigenvalue weighted by atomic mass is 32.2. The molecule has 0 unspecified atom stereocenters. The number of rotatable bonds is 3. The summed E-state index contributed by atoms with van der Waals surface area (Å²) in [7, 11) is 0. The molecular weight excluding hydrogens is 470 g/mol. The largest absolute Gasteiger partial charge is 0.508 e. The van der Waals surface area contributed by atoms with Crippen LogP contribution in [0.3, 0.4) is 0 Å². The van der Waals surface area contributed by atoms with Crippen LogP contribution < -0.4 is 4.87 Å². The maximum Gasteiger partial charge on any atom is 0.317 e. The summed E-state index contributed by atoms with van der Waals surface area (Å²) < 4.78 is 6.91. The third-order valence-corrected chi connectivity index (χ3v) is 10.9. The molecule has 2 aromatic carbocycles. The quantitative estimate of drug-likeness (QED) is 0.443. The van der Waals surface area contributed by atoms with Crippen LogP contribution in [-0.2, 0) is 20.9 Å². The van der Waals surface area contributed by atoms with Crippen molar-refractivity contribution >= 4 is 35.0 Å². The van der Waals surface area contributed by atoms with E-state index in [0.29, 0.717) is 6.54 Å². The van der Waals surface area contributed by atoms with Crippen LogP contribution in [0.25, 0.3) is 0 Å². The standard InChI is InChI=1S/C26H21NO5S2/c28-16-9-5-4-8-13(16)17-18-14-10-15(20-19(14)24(29)32-25(20)30)21(18)33-23-22(17)34-26(31)27(23)11-12-6-2-1-3-7-12/h1-9,14-15,17-21,28H,10-11H2/t14-,15+,17+,18+,19+,20+,21-/m0/s1. The smallest absolute Gasteiger partial charge is 0.317 e. The Morgan fingerprint density at radius 3 is 2.41 bits per heavy atom. The number of hydrogen-bond acceptors (Lipinski definition) is 7. The minimum Gasteiger partial charge on any atom is -0.508 e. The molecule has 7 atom stereocenters. The summed E-state index contributed by atoms with van der Waals surface area (Å²) >= 11 is 2.93. The number of ether oxygens (including phenoxy) is 1. The summed E-state index contributed by atoms with van der Waals surface area (Å²) in [5.41, 5.74) is 1.83. The first-order chi connectivity index (χ1) is 16.5. The summed E-state index contributed by atoms with van der Waals surface area (Å²) in [4.78, 5) is 39.3. The van der Waals surface area contributed by atoms with Gasteiger partial charge in [-0.25, -0.2) is 0 Å². The molecule has 3 fully saturated rings. The summed E-state index contributed by atoms with van der Waals surface area (Å²) in [6, 6.07) is 17.2. The van der Waals surface area contributed by atoms with E-state index < -0.39 is 17.9 Å². The van der Waals surface area contributed by atoms with E-state index in [4.69, 9.17) is 4.74 Å². The Kier molecular flexibility index (Phi) is 4.42. The Bertz CT molecular complexity index is 1400. The van der Waals surface area contributed by atoms with Crippen molar-refractivity contribution < 1.29 is 19.4 Å². The molecule has 1 saturated heterocycles. The van der Waals surface area contributed by atoms with E-state index in [2.05, 4.69) is 0 Å². The summed E-state index contributed by atoms with van der Waals surface area (Å²) in [6.07, 6.45) is 0.806. The van der Waals surface area contributed by atoms with Gasteiger partial charge < -0.3 is 9.84 Å². The van der Waals surface area contributed by atoms with E-state index in [1.54, 1.807) is 23.9 Å². The Labute approximate surface area is 203 Å². The fourth-order valence-corrected chi connectivity index (χ4v) is 10.1. The van der Waals surface area contributed by atoms with Crippen LogP contribution in [0.1, 0.15) is 28.3 Å². The Hall–Kier alpha value is -2.84. The normalized spacial score (nSPS) is 32.9. The van der Waals surface area contributed by atoms with E-state index in [9.17, 15) is 19.5 Å². The zero-order chi connectivity index (χ0) is 23.1. The van der Waals surface area contributed by atoms with Crippen molar-refractivity contribution in [3.8, 4) is 5.75 Å². The van der Waals surface area contributed by atoms with Gasteiger partial charge in [-0.1, -0.05) is 59.9 Å². The first-order valence-electron chi connectivity index (χ1n) is 11.5. The molecule has 7 rings (SSSR count). The van der Waals surface area contributed by atoms with Crippen LogP contribution in [0.15, 0.2) is 64.4 Å². The number of aromatic nitrogens is 1. The van der Waals surface area contributed by atoms with E-state index in [1.165, 1.54) is 11.3 Å². The maximum atomic E-state index is 13.2. The molecule has 4 aliphatic rings. The molecule has 1 N–H and O–H groups in total. The average Bonchev–Trinajstić information content (AvgIpc) is 3.55. The second-order valence-corrected chi connectivity index (χ2v) is 11.8. The van der Waals surface area contributed by atoms with Crippen molar-refractivity contribution in [3.05, 3.63) is 80.3 Å². The highest BCUT2D eigenvalue weighted by molar-refractivity contribution is 8.00. The van der Waals surface area contributed by atoms with Crippen molar-refractivity contribution in [1.82, 2.24) is 4.57 Å². The van der Waals surface area contributed by atoms with E-state index in [1.807, 2.05) is 47.0 Å². The maximum absolute atomic E-state index is 13.2. The Morgan fingerprint density at radius 2 is 1.65 bits per heavy atom. The van der Waals surface area contributed by atoms with E-state index in [-0.39, 0.29) is 45.5 Å². The van der Waals surface area contributed by atoms with Crippen LogP contribution >= 0.6 is 23.1 Å². The number of hydrogen-bond donors (Lipinski definition) is 1. The van der Waals surface area contributed by atoms with Gasteiger partial charge in [-0.3, -0.25) is 19.0 Å². The van der Waals surface area contributed by atoms with Gasteiger partial charge in [-0.05, 0) is 35.8 Å². The molecule has 2 bridgehead atoms. The van der Waals surface area contributed by atoms with Gasteiger partial charge in [-0.2, -0.15) is 0 Å². The average molecular weight is 492 g/mol. The highest BCUT2D eigenvalue weighted by Crippen LogP contribution is 2.68. The lowest BCUT2D eigenvalue weighted by atomic mass is 9.68. The molecule has 0 radical (unpaired) electrons. The van der Waals surface area contributed by atoms with Crippen LogP contribution in [-0.4, -0.2) is 26.9 Å². The number of carbonyl (C=O) groups is 2. The first-order valence-corrected chi connectivity index (χ1v) is 13.2. The predicted octanol–water partition coefficient (Wildman–Crippen LogP) is 3.85. The number of esters is 2. The van der Waals surface area contributed by atoms with Crippen molar-refractivity contribution in [3.63, 3.8) is 0 Å². The number of benzene rings is 2. The fourth-order valence-electron chi connectivity index (χ4n) is 6.92. The third kappa shape index (κ3) is 2.72. The second-order valence-electron chi connectivity index (χ2n) is 9.66. The number of thiazole rings is 1. The van der Waals surface area contributed by atoms with Gasteiger partial charge in [0.1, 0.15) is 5.75 Å². The number of aromatic hydroxyl groups is 1. The van der Waals surface area contributed by atoms with Gasteiger partial charge in [-0.15, -0.1) is 11.8 Å². The Balaban J connectivity index is 1.40. The lowest BCUT2D eigenvalue weighted by Crippen LogP contribution is -2.43. The summed E-state index contributed by atoms with van der Waals surface area (Å²) in [5, 5.41) is 11.8. The molecule has 6 nitrogen and oxygen atoms in total. The Morgan fingerprint density at radius 1 is 0.941 bits per heavy atom. The molecule has 3 aromatic rings. The van der Waals surface area contributed by atoms with Crippen LogP contribution in [0.5, 0.6) is 5.75 Å². The monoisotopic (exact) mass is 491 g/mol. The van der Waals surface area contributed by atoms with Crippen molar-refractivity contribution in [2.75, 3.05) is 0 Å². The molecule has 8 heteroatoms. The lowest BCUT2D eigenvalue weighted by molar-refractivity contribution is -0.154. The first kappa shape index (κ1) is 20.5. The van der Waals surface area contributed by atoms with Crippen LogP contribution in [0.4, 0.5) is 0 Å². The van der Waals surface area contributed by atoms with E-state index in [0.717, 1.165) is 27.5 Å². The van der Waals surface area contributed by atoms with Crippen molar-refractivity contribution in [2.45, 2.75) is 29.2 Å². The number of cyclic esters (lactones) is 2. The number of fused-ring (bicyclic) bond motifs is 9.